The molecular weight excluding hydrogens is 692 g/mol. The van der Waals surface area contributed by atoms with Crippen molar-refractivity contribution < 1.29 is 0 Å². The molecule has 0 aliphatic carbocycles. The molecule has 0 saturated carbocycles. The summed E-state index contributed by atoms with van der Waals surface area (Å²) >= 11 is 5.78. The van der Waals surface area contributed by atoms with Gasteiger partial charge in [0.15, 0.2) is 0 Å². The van der Waals surface area contributed by atoms with Crippen LogP contribution in [0.25, 0.3) is 42.1 Å². The minimum atomic E-state index is 1.00. The fraction of sp³-hybridized carbons (Fsp3) is 0. The molecule has 0 aliphatic heterocycles. The number of anilines is 6. The SMILES string of the molecule is Brc1cc(N(c2ccccc2)c2ccc3ccccc3c2)cc(N(c2ccc(-c3ccccc3)cc2)c2ccc3c(c2)sc2ccccc23)c1. The van der Waals surface area contributed by atoms with Crippen LogP contribution in [0.2, 0.25) is 0 Å². The number of thiophene rings is 1. The van der Waals surface area contributed by atoms with Crippen molar-refractivity contribution in [1.29, 1.82) is 0 Å². The molecule has 2 nitrogen and oxygen atoms in total. The van der Waals surface area contributed by atoms with Gasteiger partial charge in [-0.05, 0) is 94.7 Å². The molecule has 0 N–H and O–H groups in total. The van der Waals surface area contributed by atoms with Crippen molar-refractivity contribution in [3.8, 4) is 11.1 Å². The van der Waals surface area contributed by atoms with Crippen molar-refractivity contribution in [3.05, 3.63) is 193 Å². The summed E-state index contributed by atoms with van der Waals surface area (Å²) in [4.78, 5) is 4.71. The summed E-state index contributed by atoms with van der Waals surface area (Å²) in [7, 11) is 0. The monoisotopic (exact) mass is 722 g/mol. The summed E-state index contributed by atoms with van der Waals surface area (Å²) < 4.78 is 3.57. The molecule has 8 aromatic carbocycles. The number of rotatable bonds is 7. The maximum atomic E-state index is 3.93. The van der Waals surface area contributed by atoms with E-state index in [0.717, 1.165) is 38.6 Å². The zero-order valence-corrected chi connectivity index (χ0v) is 29.5. The van der Waals surface area contributed by atoms with E-state index in [2.05, 4.69) is 214 Å². The average molecular weight is 724 g/mol. The van der Waals surface area contributed by atoms with Crippen molar-refractivity contribution in [2.75, 3.05) is 9.80 Å². The Morgan fingerprint density at radius 1 is 0.340 bits per heavy atom. The standard InChI is InChI=1S/C46H31BrN2S/c47-36-28-41(48(37-15-5-2-6-16-37)39-24-21-33-13-7-8-14-35(33)27-39)30-42(29-36)49(38-22-19-34(20-23-38)32-11-3-1-4-12-32)40-25-26-44-43-17-9-10-18-45(43)50-46(44)31-40/h1-31H. The molecule has 1 aromatic heterocycles. The first-order chi connectivity index (χ1) is 24.7. The lowest BCUT2D eigenvalue weighted by molar-refractivity contribution is 1.25. The van der Waals surface area contributed by atoms with Crippen LogP contribution in [0, 0.1) is 0 Å². The summed E-state index contributed by atoms with van der Waals surface area (Å²) in [5, 5.41) is 5.02. The molecule has 0 bridgehead atoms. The predicted octanol–water partition coefficient (Wildman–Crippen LogP) is 14.6. The maximum absolute atomic E-state index is 3.93. The molecule has 0 spiro atoms. The Labute approximate surface area is 304 Å². The third kappa shape index (κ3) is 5.73. The fourth-order valence-electron chi connectivity index (χ4n) is 6.89. The Morgan fingerprint density at radius 2 is 0.880 bits per heavy atom. The van der Waals surface area contributed by atoms with E-state index in [1.165, 1.54) is 42.1 Å². The lowest BCUT2D eigenvalue weighted by Crippen LogP contribution is -2.13. The van der Waals surface area contributed by atoms with Crippen LogP contribution in [0.4, 0.5) is 34.1 Å². The first-order valence-corrected chi connectivity index (χ1v) is 18.3. The van der Waals surface area contributed by atoms with Crippen molar-refractivity contribution in [1.82, 2.24) is 0 Å². The number of halogens is 1. The van der Waals surface area contributed by atoms with Gasteiger partial charge in [0.05, 0.1) is 0 Å². The summed E-state index contributed by atoms with van der Waals surface area (Å²) in [6, 6.07) is 67.6. The van der Waals surface area contributed by atoms with E-state index in [9.17, 15) is 0 Å². The Bertz CT molecular complexity index is 2610. The smallest absolute Gasteiger partial charge is 0.0493 e. The van der Waals surface area contributed by atoms with Crippen LogP contribution in [-0.4, -0.2) is 0 Å². The van der Waals surface area contributed by atoms with E-state index >= 15 is 0 Å². The van der Waals surface area contributed by atoms with Crippen molar-refractivity contribution >= 4 is 92.3 Å². The Balaban J connectivity index is 1.22. The third-order valence-corrected chi connectivity index (χ3v) is 10.8. The van der Waals surface area contributed by atoms with E-state index in [1.807, 2.05) is 11.3 Å². The molecule has 0 radical (unpaired) electrons. The Kier molecular flexibility index (Phi) is 7.89. The highest BCUT2D eigenvalue weighted by Crippen LogP contribution is 2.45. The average Bonchev–Trinajstić information content (AvgIpc) is 3.54. The minimum absolute atomic E-state index is 1.00. The van der Waals surface area contributed by atoms with Crippen LogP contribution in [0.3, 0.4) is 0 Å². The number of hydrogen-bond donors (Lipinski definition) is 0. The van der Waals surface area contributed by atoms with Gasteiger partial charge < -0.3 is 9.80 Å². The summed E-state index contributed by atoms with van der Waals surface area (Å²) in [5.74, 6) is 0. The van der Waals surface area contributed by atoms with Gasteiger partial charge in [-0.2, -0.15) is 0 Å². The Morgan fingerprint density at radius 3 is 1.64 bits per heavy atom. The predicted molar refractivity (Wildman–Crippen MR) is 219 cm³/mol. The van der Waals surface area contributed by atoms with E-state index in [1.54, 1.807) is 0 Å². The third-order valence-electron chi connectivity index (χ3n) is 9.24. The van der Waals surface area contributed by atoms with E-state index in [-0.39, 0.29) is 0 Å². The lowest BCUT2D eigenvalue weighted by atomic mass is 10.0. The maximum Gasteiger partial charge on any atom is 0.0493 e. The molecule has 238 valence electrons. The lowest BCUT2D eigenvalue weighted by Gasteiger charge is -2.30. The Hall–Kier alpha value is -5.68. The van der Waals surface area contributed by atoms with Gasteiger partial charge in [-0.15, -0.1) is 11.3 Å². The molecule has 0 fully saturated rings. The van der Waals surface area contributed by atoms with Crippen LogP contribution < -0.4 is 9.80 Å². The summed E-state index contributed by atoms with van der Waals surface area (Å²) in [5.41, 5.74) is 8.91. The molecule has 9 aromatic rings. The van der Waals surface area contributed by atoms with Gasteiger partial charge in [-0.25, -0.2) is 0 Å². The van der Waals surface area contributed by atoms with Gasteiger partial charge >= 0.3 is 0 Å². The molecule has 1 heterocycles. The molecule has 0 saturated heterocycles. The molecule has 0 aliphatic rings. The number of nitrogens with zero attached hydrogens (tertiary/aromatic N) is 2. The van der Waals surface area contributed by atoms with E-state index < -0.39 is 0 Å². The number of fused-ring (bicyclic) bond motifs is 4. The van der Waals surface area contributed by atoms with Crippen molar-refractivity contribution in [2.45, 2.75) is 0 Å². The largest absolute Gasteiger partial charge is 0.310 e. The molecule has 4 heteroatoms. The zero-order valence-electron chi connectivity index (χ0n) is 27.1. The van der Waals surface area contributed by atoms with Gasteiger partial charge in [0, 0.05) is 58.8 Å². The molecule has 9 rings (SSSR count). The highest BCUT2D eigenvalue weighted by atomic mass is 79.9. The molecule has 50 heavy (non-hydrogen) atoms. The second-order valence-corrected chi connectivity index (χ2v) is 14.4. The zero-order chi connectivity index (χ0) is 33.4. The quantitative estimate of drug-likeness (QED) is 0.162. The van der Waals surface area contributed by atoms with Crippen LogP contribution >= 0.6 is 27.3 Å². The van der Waals surface area contributed by atoms with Gasteiger partial charge in [-0.1, -0.05) is 131 Å². The van der Waals surface area contributed by atoms with Gasteiger partial charge in [0.2, 0.25) is 0 Å². The topological polar surface area (TPSA) is 6.48 Å². The minimum Gasteiger partial charge on any atom is -0.310 e. The van der Waals surface area contributed by atoms with E-state index in [4.69, 9.17) is 0 Å². The van der Waals surface area contributed by atoms with Crippen LogP contribution in [0.1, 0.15) is 0 Å². The summed E-state index contributed by atoms with van der Waals surface area (Å²) in [6.45, 7) is 0. The second-order valence-electron chi connectivity index (χ2n) is 12.4. The van der Waals surface area contributed by atoms with E-state index in [0.29, 0.717) is 0 Å². The molecule has 0 atom stereocenters. The van der Waals surface area contributed by atoms with Crippen LogP contribution in [0.15, 0.2) is 193 Å². The number of hydrogen-bond acceptors (Lipinski definition) is 3. The highest BCUT2D eigenvalue weighted by Gasteiger charge is 2.20. The first kappa shape index (κ1) is 30.4. The van der Waals surface area contributed by atoms with Gasteiger partial charge in [-0.3, -0.25) is 0 Å². The normalized spacial score (nSPS) is 11.3. The highest BCUT2D eigenvalue weighted by molar-refractivity contribution is 9.10. The molecule has 0 unspecified atom stereocenters. The second kappa shape index (κ2) is 13.0. The number of benzene rings is 8. The van der Waals surface area contributed by atoms with Crippen molar-refractivity contribution in [2.24, 2.45) is 0 Å². The molecule has 0 amide bonds. The van der Waals surface area contributed by atoms with Crippen molar-refractivity contribution in [3.63, 3.8) is 0 Å². The fourth-order valence-corrected chi connectivity index (χ4v) is 8.50. The molecular formula is C46H31BrN2S. The van der Waals surface area contributed by atoms with Gasteiger partial charge in [0.25, 0.3) is 0 Å². The van der Waals surface area contributed by atoms with Crippen LogP contribution in [0.5, 0.6) is 0 Å². The summed E-state index contributed by atoms with van der Waals surface area (Å²) in [6.07, 6.45) is 0. The van der Waals surface area contributed by atoms with Gasteiger partial charge in [0.1, 0.15) is 0 Å². The number of para-hydroxylation sites is 1. The first-order valence-electron chi connectivity index (χ1n) is 16.7. The van der Waals surface area contributed by atoms with Crippen LogP contribution in [-0.2, 0) is 0 Å².